The van der Waals surface area contributed by atoms with Gasteiger partial charge in [0, 0.05) is 30.6 Å². The Morgan fingerprint density at radius 2 is 2.27 bits per heavy atom. The minimum absolute atomic E-state index is 0.116. The van der Waals surface area contributed by atoms with Gasteiger partial charge in [0.1, 0.15) is 0 Å². The van der Waals surface area contributed by atoms with Gasteiger partial charge in [-0.25, -0.2) is 4.98 Å². The third-order valence-corrected chi connectivity index (χ3v) is 3.40. The largest absolute Gasteiger partial charge is 0.379 e. The Hall–Kier alpha value is -0.450. The second kappa shape index (κ2) is 5.05. The fraction of sp³-hybridized carbons (Fsp3) is 0.727. The van der Waals surface area contributed by atoms with Gasteiger partial charge in [-0.15, -0.1) is 11.3 Å². The summed E-state index contributed by atoms with van der Waals surface area (Å²) in [5.74, 6) is 0. The summed E-state index contributed by atoms with van der Waals surface area (Å²) in [5, 5.41) is 3.18. The van der Waals surface area contributed by atoms with Crippen LogP contribution in [-0.2, 0) is 11.2 Å². The predicted molar refractivity (Wildman–Crippen MR) is 64.2 cm³/mol. The van der Waals surface area contributed by atoms with Crippen LogP contribution in [0.25, 0.3) is 0 Å². The molecular weight excluding hydrogens is 208 g/mol. The lowest BCUT2D eigenvalue weighted by Crippen LogP contribution is -2.35. The van der Waals surface area contributed by atoms with Crippen LogP contribution in [0, 0.1) is 6.92 Å². The molecule has 15 heavy (non-hydrogen) atoms. The molecule has 0 aliphatic heterocycles. The summed E-state index contributed by atoms with van der Waals surface area (Å²) in [5.41, 5.74) is 6.99. The molecular formula is C11H20N2OS. The molecule has 0 bridgehead atoms. The Bertz CT molecular complexity index is 309. The molecule has 1 aromatic rings. The maximum Gasteiger partial charge on any atom is 0.0943 e. The summed E-state index contributed by atoms with van der Waals surface area (Å²) >= 11 is 1.68. The van der Waals surface area contributed by atoms with Crippen LogP contribution in [0.4, 0.5) is 0 Å². The van der Waals surface area contributed by atoms with Gasteiger partial charge in [0.25, 0.3) is 0 Å². The van der Waals surface area contributed by atoms with Crippen LogP contribution in [0.1, 0.15) is 31.0 Å². The van der Waals surface area contributed by atoms with E-state index < -0.39 is 0 Å². The molecule has 2 N–H and O–H groups in total. The minimum Gasteiger partial charge on any atom is -0.379 e. The normalized spacial score (nSPS) is 14.2. The van der Waals surface area contributed by atoms with Crippen molar-refractivity contribution in [2.45, 2.75) is 45.3 Å². The number of methoxy groups -OCH3 is 1. The molecule has 1 rings (SSSR count). The van der Waals surface area contributed by atoms with Gasteiger partial charge in [-0.05, 0) is 27.2 Å². The van der Waals surface area contributed by atoms with E-state index in [0.717, 1.165) is 23.5 Å². The highest BCUT2D eigenvalue weighted by molar-refractivity contribution is 7.09. The zero-order valence-corrected chi connectivity index (χ0v) is 10.7. The molecule has 0 aliphatic carbocycles. The Kier molecular flexibility index (Phi) is 4.25. The molecule has 0 radical (unpaired) electrons. The SMILES string of the molecule is COC(C)(C)CC(N)Cc1nc(C)cs1. The molecule has 3 nitrogen and oxygen atoms in total. The molecule has 1 heterocycles. The first-order chi connectivity index (χ1) is 6.93. The van der Waals surface area contributed by atoms with Gasteiger partial charge in [-0.1, -0.05) is 0 Å². The maximum atomic E-state index is 6.06. The number of thiazole rings is 1. The van der Waals surface area contributed by atoms with Gasteiger partial charge in [0.2, 0.25) is 0 Å². The number of hydrogen-bond donors (Lipinski definition) is 1. The van der Waals surface area contributed by atoms with Crippen LogP contribution in [-0.4, -0.2) is 23.7 Å². The Balaban J connectivity index is 2.46. The molecule has 4 heteroatoms. The van der Waals surface area contributed by atoms with E-state index in [4.69, 9.17) is 10.5 Å². The maximum absolute atomic E-state index is 6.06. The highest BCUT2D eigenvalue weighted by Gasteiger charge is 2.21. The molecule has 0 amide bonds. The molecule has 1 unspecified atom stereocenters. The fourth-order valence-electron chi connectivity index (χ4n) is 1.51. The third-order valence-electron chi connectivity index (χ3n) is 2.41. The van der Waals surface area contributed by atoms with E-state index in [-0.39, 0.29) is 11.6 Å². The number of nitrogens with two attached hydrogens (primary N) is 1. The molecule has 0 aliphatic rings. The summed E-state index contributed by atoms with van der Waals surface area (Å²) in [6.07, 6.45) is 1.69. The van der Waals surface area contributed by atoms with E-state index in [1.807, 2.05) is 6.92 Å². The van der Waals surface area contributed by atoms with Crippen LogP contribution in [0.15, 0.2) is 5.38 Å². The molecule has 0 aromatic carbocycles. The summed E-state index contributed by atoms with van der Waals surface area (Å²) in [4.78, 5) is 4.40. The molecule has 0 saturated heterocycles. The van der Waals surface area contributed by atoms with Crippen molar-refractivity contribution in [2.75, 3.05) is 7.11 Å². The highest BCUT2D eigenvalue weighted by Crippen LogP contribution is 2.18. The van der Waals surface area contributed by atoms with Crippen LogP contribution in [0.3, 0.4) is 0 Å². The van der Waals surface area contributed by atoms with Crippen LogP contribution in [0.5, 0.6) is 0 Å². The zero-order chi connectivity index (χ0) is 11.5. The minimum atomic E-state index is -0.147. The number of aryl methyl sites for hydroxylation is 1. The summed E-state index contributed by atoms with van der Waals surface area (Å²) in [6.45, 7) is 6.12. The Morgan fingerprint density at radius 3 is 2.73 bits per heavy atom. The van der Waals surface area contributed by atoms with Crippen LogP contribution in [0.2, 0.25) is 0 Å². The van der Waals surface area contributed by atoms with Gasteiger partial charge < -0.3 is 10.5 Å². The van der Waals surface area contributed by atoms with E-state index >= 15 is 0 Å². The van der Waals surface area contributed by atoms with Crippen molar-refractivity contribution in [2.24, 2.45) is 5.73 Å². The molecule has 0 fully saturated rings. The molecule has 1 aromatic heterocycles. The molecule has 0 saturated carbocycles. The quantitative estimate of drug-likeness (QED) is 0.840. The van der Waals surface area contributed by atoms with Crippen LogP contribution >= 0.6 is 11.3 Å². The summed E-state index contributed by atoms with van der Waals surface area (Å²) in [7, 11) is 1.72. The standard InChI is InChI=1S/C11H20N2OS/c1-8-7-15-10(13-8)5-9(12)6-11(2,3)14-4/h7,9H,5-6,12H2,1-4H3. The van der Waals surface area contributed by atoms with Crippen LogP contribution < -0.4 is 5.73 Å². The molecule has 86 valence electrons. The first-order valence-corrected chi connectivity index (χ1v) is 6.02. The van der Waals surface area contributed by atoms with Gasteiger partial charge in [-0.2, -0.15) is 0 Å². The fourth-order valence-corrected chi connectivity index (χ4v) is 2.37. The van der Waals surface area contributed by atoms with Crippen molar-refractivity contribution in [1.29, 1.82) is 0 Å². The lowest BCUT2D eigenvalue weighted by molar-refractivity contribution is 0.0102. The van der Waals surface area contributed by atoms with Gasteiger partial charge >= 0.3 is 0 Å². The average Bonchev–Trinajstić information content (AvgIpc) is 2.50. The summed E-state index contributed by atoms with van der Waals surface area (Å²) < 4.78 is 5.35. The zero-order valence-electron chi connectivity index (χ0n) is 9.91. The van der Waals surface area contributed by atoms with E-state index in [1.54, 1.807) is 18.4 Å². The molecule has 1 atom stereocenters. The molecule has 0 spiro atoms. The number of ether oxygens (including phenoxy) is 1. The third kappa shape index (κ3) is 4.28. The lowest BCUT2D eigenvalue weighted by atomic mass is 9.97. The number of aromatic nitrogens is 1. The second-order valence-corrected chi connectivity index (χ2v) is 5.46. The highest BCUT2D eigenvalue weighted by atomic mass is 32.1. The van der Waals surface area contributed by atoms with E-state index in [1.165, 1.54) is 0 Å². The monoisotopic (exact) mass is 228 g/mol. The predicted octanol–water partition coefficient (Wildman–Crippen LogP) is 2.14. The Morgan fingerprint density at radius 1 is 1.60 bits per heavy atom. The number of rotatable bonds is 5. The Labute approximate surface area is 95.7 Å². The van der Waals surface area contributed by atoms with Crippen molar-refractivity contribution < 1.29 is 4.74 Å². The topological polar surface area (TPSA) is 48.1 Å². The van der Waals surface area contributed by atoms with Crippen molar-refractivity contribution >= 4 is 11.3 Å². The van der Waals surface area contributed by atoms with Crippen molar-refractivity contribution in [1.82, 2.24) is 4.98 Å². The van der Waals surface area contributed by atoms with Gasteiger partial charge in [0.05, 0.1) is 10.6 Å². The lowest BCUT2D eigenvalue weighted by Gasteiger charge is -2.26. The second-order valence-electron chi connectivity index (χ2n) is 4.51. The summed E-state index contributed by atoms with van der Waals surface area (Å²) in [6, 6.07) is 0.116. The van der Waals surface area contributed by atoms with Gasteiger partial charge in [0.15, 0.2) is 0 Å². The van der Waals surface area contributed by atoms with Crippen molar-refractivity contribution in [3.63, 3.8) is 0 Å². The van der Waals surface area contributed by atoms with Crippen molar-refractivity contribution in [3.05, 3.63) is 16.1 Å². The van der Waals surface area contributed by atoms with Crippen molar-refractivity contribution in [3.8, 4) is 0 Å². The average molecular weight is 228 g/mol. The first kappa shape index (κ1) is 12.6. The van der Waals surface area contributed by atoms with E-state index in [2.05, 4.69) is 24.2 Å². The first-order valence-electron chi connectivity index (χ1n) is 5.15. The number of hydrogen-bond acceptors (Lipinski definition) is 4. The van der Waals surface area contributed by atoms with E-state index in [9.17, 15) is 0 Å². The smallest absolute Gasteiger partial charge is 0.0943 e. The number of nitrogens with zero attached hydrogens (tertiary/aromatic N) is 1. The van der Waals surface area contributed by atoms with Gasteiger partial charge in [-0.3, -0.25) is 0 Å². The van der Waals surface area contributed by atoms with E-state index in [0.29, 0.717) is 0 Å².